The van der Waals surface area contributed by atoms with Crippen molar-refractivity contribution in [1.29, 1.82) is 5.26 Å². The van der Waals surface area contributed by atoms with Crippen molar-refractivity contribution in [3.8, 4) is 6.07 Å². The van der Waals surface area contributed by atoms with E-state index in [0.717, 1.165) is 0 Å². The van der Waals surface area contributed by atoms with Gasteiger partial charge in [0.25, 0.3) is 5.91 Å². The van der Waals surface area contributed by atoms with Gasteiger partial charge in [-0.3, -0.25) is 9.59 Å². The standard InChI is InChI=1S/C25H13F7I2N2O2/c26-23(24(27,28)29,25(30,31)32)16-9-19(33)18(20(34)10-16)11-21(37)15-2-1-3-17(8-15)36-22(38)14-6-4-13(12-35)5-7-14/h1-10H,11H2,(H,36,38). The van der Waals surface area contributed by atoms with Crippen LogP contribution in [-0.2, 0) is 12.1 Å². The third-order valence-corrected chi connectivity index (χ3v) is 7.30. The molecule has 0 unspecified atom stereocenters. The van der Waals surface area contributed by atoms with Gasteiger partial charge >= 0.3 is 18.0 Å². The number of ketones is 1. The molecule has 0 aliphatic rings. The summed E-state index contributed by atoms with van der Waals surface area (Å²) in [6.07, 6.45) is -12.9. The molecule has 1 N–H and O–H groups in total. The number of nitrogens with zero attached hydrogens (tertiary/aromatic N) is 1. The molecule has 4 nitrogen and oxygen atoms in total. The molecule has 0 fully saturated rings. The van der Waals surface area contributed by atoms with E-state index in [-0.39, 0.29) is 29.5 Å². The van der Waals surface area contributed by atoms with E-state index >= 15 is 0 Å². The van der Waals surface area contributed by atoms with Crippen molar-refractivity contribution in [2.75, 3.05) is 5.32 Å². The third-order valence-electron chi connectivity index (χ3n) is 5.38. The van der Waals surface area contributed by atoms with E-state index in [0.29, 0.717) is 17.7 Å². The van der Waals surface area contributed by atoms with E-state index in [1.807, 2.05) is 6.07 Å². The monoisotopic (exact) mass is 760 g/mol. The average Bonchev–Trinajstić information content (AvgIpc) is 2.84. The highest BCUT2D eigenvalue weighted by atomic mass is 127. The molecule has 0 radical (unpaired) electrons. The summed E-state index contributed by atoms with van der Waals surface area (Å²) in [6.45, 7) is 0. The van der Waals surface area contributed by atoms with Crippen LogP contribution >= 0.6 is 45.2 Å². The summed E-state index contributed by atoms with van der Waals surface area (Å²) < 4.78 is 93.1. The summed E-state index contributed by atoms with van der Waals surface area (Å²) in [5.41, 5.74) is -6.10. The predicted octanol–water partition coefficient (Wildman–Crippen LogP) is 7.73. The van der Waals surface area contributed by atoms with Gasteiger partial charge in [0.2, 0.25) is 0 Å². The molecule has 0 aliphatic carbocycles. The first-order valence-electron chi connectivity index (χ1n) is 10.3. The number of Topliss-reactive ketones (excluding diaryl/α,β-unsaturated/α-hetero) is 1. The van der Waals surface area contributed by atoms with Crippen LogP contribution in [0, 0.1) is 18.5 Å². The topological polar surface area (TPSA) is 70.0 Å². The van der Waals surface area contributed by atoms with Crippen molar-refractivity contribution < 1.29 is 40.3 Å². The van der Waals surface area contributed by atoms with Crippen molar-refractivity contribution in [2.24, 2.45) is 0 Å². The van der Waals surface area contributed by atoms with Gasteiger partial charge in [-0.15, -0.1) is 0 Å². The minimum atomic E-state index is -6.25. The molecule has 13 heteroatoms. The zero-order valence-electron chi connectivity index (χ0n) is 18.6. The Balaban J connectivity index is 1.85. The van der Waals surface area contributed by atoms with Crippen molar-refractivity contribution in [1.82, 2.24) is 0 Å². The van der Waals surface area contributed by atoms with Gasteiger partial charge in [-0.25, -0.2) is 4.39 Å². The highest BCUT2D eigenvalue weighted by Crippen LogP contribution is 2.53. The zero-order chi connectivity index (χ0) is 28.5. The van der Waals surface area contributed by atoms with E-state index in [1.54, 1.807) is 0 Å². The van der Waals surface area contributed by atoms with Crippen molar-refractivity contribution in [2.45, 2.75) is 24.4 Å². The Bertz CT molecular complexity index is 1390. The minimum absolute atomic E-state index is 0.115. The molecule has 0 aromatic heterocycles. The van der Waals surface area contributed by atoms with Gasteiger partial charge in [0.1, 0.15) is 0 Å². The van der Waals surface area contributed by atoms with Crippen LogP contribution in [0.3, 0.4) is 0 Å². The van der Waals surface area contributed by atoms with Crippen LogP contribution in [0.25, 0.3) is 0 Å². The molecular formula is C25H13F7I2N2O2. The van der Waals surface area contributed by atoms with Crippen LogP contribution < -0.4 is 5.32 Å². The van der Waals surface area contributed by atoms with E-state index in [1.165, 1.54) is 93.7 Å². The number of halogens is 9. The van der Waals surface area contributed by atoms with Gasteiger partial charge in [0.15, 0.2) is 5.78 Å². The molecule has 3 aromatic rings. The quantitative estimate of drug-likeness (QED) is 0.159. The lowest BCUT2D eigenvalue weighted by Crippen LogP contribution is -2.50. The number of hydrogen-bond donors (Lipinski definition) is 1. The lowest BCUT2D eigenvalue weighted by atomic mass is 9.92. The van der Waals surface area contributed by atoms with Gasteiger partial charge in [-0.2, -0.15) is 31.6 Å². The number of carbonyl (C=O) groups is 2. The fourth-order valence-corrected chi connectivity index (χ4v) is 5.54. The summed E-state index contributed by atoms with van der Waals surface area (Å²) >= 11 is 2.92. The van der Waals surface area contributed by atoms with Crippen molar-refractivity contribution in [3.63, 3.8) is 0 Å². The minimum Gasteiger partial charge on any atom is -0.322 e. The SMILES string of the molecule is N#Cc1ccc(C(=O)Nc2cccc(C(=O)Cc3c(I)cc(C(F)(C(F)(F)F)C(F)(F)F)cc3I)c2)cc1. The maximum Gasteiger partial charge on any atom is 0.435 e. The molecular weight excluding hydrogens is 747 g/mol. The Hall–Kier alpha value is -2.74. The molecule has 0 heterocycles. The Morgan fingerprint density at radius 1 is 0.816 bits per heavy atom. The second-order valence-electron chi connectivity index (χ2n) is 7.90. The smallest absolute Gasteiger partial charge is 0.322 e. The molecule has 0 spiro atoms. The molecule has 0 aliphatic heterocycles. The lowest BCUT2D eigenvalue weighted by Gasteiger charge is -2.31. The molecule has 198 valence electrons. The molecule has 0 bridgehead atoms. The first-order valence-corrected chi connectivity index (χ1v) is 12.5. The highest BCUT2D eigenvalue weighted by molar-refractivity contribution is 14.1. The molecule has 1 amide bonds. The number of nitriles is 1. The van der Waals surface area contributed by atoms with E-state index < -0.39 is 41.7 Å². The number of carbonyl (C=O) groups excluding carboxylic acids is 2. The molecule has 3 aromatic carbocycles. The van der Waals surface area contributed by atoms with Crippen LogP contribution in [-0.4, -0.2) is 24.0 Å². The highest BCUT2D eigenvalue weighted by Gasteiger charge is 2.73. The third kappa shape index (κ3) is 6.11. The van der Waals surface area contributed by atoms with E-state index in [9.17, 15) is 40.3 Å². The second-order valence-corrected chi connectivity index (χ2v) is 10.2. The summed E-state index contributed by atoms with van der Waals surface area (Å²) in [5.74, 6) is -1.05. The van der Waals surface area contributed by atoms with Gasteiger partial charge in [-0.05, 0) is 99.3 Å². The summed E-state index contributed by atoms with van der Waals surface area (Å²) in [4.78, 5) is 25.4. The van der Waals surface area contributed by atoms with Gasteiger partial charge in [0.05, 0.1) is 11.6 Å². The van der Waals surface area contributed by atoms with Crippen molar-refractivity contribution >= 4 is 62.6 Å². The molecule has 0 atom stereocenters. The van der Waals surface area contributed by atoms with Gasteiger partial charge in [-0.1, -0.05) is 12.1 Å². The van der Waals surface area contributed by atoms with Crippen LogP contribution in [0.2, 0.25) is 0 Å². The summed E-state index contributed by atoms with van der Waals surface area (Å²) in [7, 11) is 0. The van der Waals surface area contributed by atoms with Gasteiger partial charge in [0, 0.05) is 35.9 Å². The zero-order valence-corrected chi connectivity index (χ0v) is 23.0. The Labute approximate surface area is 238 Å². The lowest BCUT2D eigenvalue weighted by molar-refractivity contribution is -0.348. The van der Waals surface area contributed by atoms with E-state index in [2.05, 4.69) is 5.32 Å². The maximum atomic E-state index is 14.5. The Kier molecular flexibility index (Phi) is 8.76. The number of amides is 1. The number of anilines is 1. The molecule has 0 saturated heterocycles. The predicted molar refractivity (Wildman–Crippen MR) is 140 cm³/mol. The number of nitrogens with one attached hydrogen (secondary N) is 1. The van der Waals surface area contributed by atoms with Crippen LogP contribution in [0.4, 0.5) is 36.4 Å². The fraction of sp³-hybridized carbons (Fsp3) is 0.160. The van der Waals surface area contributed by atoms with Crippen LogP contribution in [0.15, 0.2) is 60.7 Å². The fourth-order valence-electron chi connectivity index (χ4n) is 3.39. The summed E-state index contributed by atoms with van der Waals surface area (Å²) in [5, 5.41) is 11.4. The number of benzene rings is 3. The normalized spacial score (nSPS) is 12.1. The van der Waals surface area contributed by atoms with Gasteiger partial charge < -0.3 is 5.32 Å². The van der Waals surface area contributed by atoms with Crippen LogP contribution in [0.5, 0.6) is 0 Å². The second kappa shape index (κ2) is 11.2. The first-order chi connectivity index (χ1) is 17.6. The Morgan fingerprint density at radius 2 is 1.37 bits per heavy atom. The largest absolute Gasteiger partial charge is 0.435 e. The number of rotatable bonds is 6. The van der Waals surface area contributed by atoms with Crippen molar-refractivity contribution in [3.05, 3.63) is 95.6 Å². The van der Waals surface area contributed by atoms with E-state index in [4.69, 9.17) is 5.26 Å². The molecule has 38 heavy (non-hydrogen) atoms. The maximum absolute atomic E-state index is 14.5. The first kappa shape index (κ1) is 29.8. The molecule has 0 saturated carbocycles. The average molecular weight is 760 g/mol. The molecule has 3 rings (SSSR count). The summed E-state index contributed by atoms with van der Waals surface area (Å²) in [6, 6.07) is 14.4. The number of hydrogen-bond acceptors (Lipinski definition) is 3. The number of alkyl halides is 7. The van der Waals surface area contributed by atoms with Crippen LogP contribution in [0.1, 0.15) is 37.4 Å². The Morgan fingerprint density at radius 3 is 1.87 bits per heavy atom.